The Morgan fingerprint density at radius 1 is 1.10 bits per heavy atom. The fourth-order valence-corrected chi connectivity index (χ4v) is 3.29. The van der Waals surface area contributed by atoms with Crippen LogP contribution in [0.1, 0.15) is 17.3 Å². The predicted molar refractivity (Wildman–Crippen MR) is 105 cm³/mol. The van der Waals surface area contributed by atoms with E-state index in [-0.39, 0.29) is 24.0 Å². The Kier molecular flexibility index (Phi) is 5.67. The van der Waals surface area contributed by atoms with Crippen LogP contribution in [0.5, 0.6) is 11.5 Å². The van der Waals surface area contributed by atoms with Gasteiger partial charge in [-0.05, 0) is 31.2 Å². The van der Waals surface area contributed by atoms with Gasteiger partial charge in [0.05, 0.1) is 24.8 Å². The van der Waals surface area contributed by atoms with Crippen LogP contribution in [0.2, 0.25) is 0 Å². The number of anilines is 1. The molecule has 1 heterocycles. The quantitative estimate of drug-likeness (QED) is 0.565. The summed E-state index contributed by atoms with van der Waals surface area (Å²) >= 11 is 0. The van der Waals surface area contributed by atoms with Crippen LogP contribution in [0, 0.1) is 10.1 Å². The third kappa shape index (κ3) is 3.84. The molecule has 3 rings (SSSR count). The number of hydrogen-bond acceptors (Lipinski definition) is 6. The molecule has 9 nitrogen and oxygen atoms in total. The van der Waals surface area contributed by atoms with E-state index in [2.05, 4.69) is 0 Å². The van der Waals surface area contributed by atoms with Crippen LogP contribution in [-0.2, 0) is 4.79 Å². The Labute approximate surface area is 167 Å². The minimum absolute atomic E-state index is 0.0967. The summed E-state index contributed by atoms with van der Waals surface area (Å²) in [5.41, 5.74) is 0.773. The van der Waals surface area contributed by atoms with Crippen LogP contribution in [0.3, 0.4) is 0 Å². The van der Waals surface area contributed by atoms with Crippen LogP contribution in [0.4, 0.5) is 11.4 Å². The minimum atomic E-state index is -0.706. The lowest BCUT2D eigenvalue weighted by atomic mass is 10.1. The smallest absolute Gasteiger partial charge is 0.269 e. The predicted octanol–water partition coefficient (Wildman–Crippen LogP) is 2.49. The Morgan fingerprint density at radius 3 is 2.38 bits per heavy atom. The molecule has 29 heavy (non-hydrogen) atoms. The molecular weight excluding hydrogens is 378 g/mol. The van der Waals surface area contributed by atoms with Gasteiger partial charge in [0.2, 0.25) is 5.91 Å². The second-order valence-electron chi connectivity index (χ2n) is 6.51. The molecule has 1 aliphatic heterocycles. The highest BCUT2D eigenvalue weighted by molar-refractivity contribution is 6.04. The zero-order valence-corrected chi connectivity index (χ0v) is 16.3. The van der Waals surface area contributed by atoms with Crippen LogP contribution in [-0.4, -0.2) is 55.0 Å². The summed E-state index contributed by atoms with van der Waals surface area (Å²) in [6.45, 7) is 2.25. The van der Waals surface area contributed by atoms with Gasteiger partial charge in [-0.1, -0.05) is 0 Å². The molecule has 0 saturated carbocycles. The summed E-state index contributed by atoms with van der Waals surface area (Å²) in [6, 6.07) is 9.82. The first-order valence-electron chi connectivity index (χ1n) is 8.96. The normalized spacial score (nSPS) is 16.5. The zero-order chi connectivity index (χ0) is 21.1. The minimum Gasteiger partial charge on any atom is -0.497 e. The number of nitro benzene ring substituents is 1. The van der Waals surface area contributed by atoms with Gasteiger partial charge in [0, 0.05) is 36.9 Å². The van der Waals surface area contributed by atoms with Gasteiger partial charge in [0.15, 0.2) is 0 Å². The van der Waals surface area contributed by atoms with Crippen molar-refractivity contribution in [1.82, 2.24) is 4.90 Å². The van der Waals surface area contributed by atoms with E-state index >= 15 is 0 Å². The van der Waals surface area contributed by atoms with Gasteiger partial charge in [0.1, 0.15) is 17.5 Å². The van der Waals surface area contributed by atoms with Gasteiger partial charge in [0.25, 0.3) is 11.6 Å². The van der Waals surface area contributed by atoms with Crippen LogP contribution in [0.15, 0.2) is 42.5 Å². The number of rotatable bonds is 5. The standard InChI is InChI=1S/C20H21N3O6/c1-13-19(24)22(17-12-16(28-2)8-9-18(17)29-3)11-10-21(13)20(25)14-4-6-15(7-5-14)23(26)27/h4-9,12-13H,10-11H2,1-3H3. The Morgan fingerprint density at radius 2 is 1.79 bits per heavy atom. The molecule has 0 bridgehead atoms. The van der Waals surface area contributed by atoms with E-state index in [4.69, 9.17) is 9.47 Å². The number of hydrogen-bond donors (Lipinski definition) is 0. The number of carbonyl (C=O) groups excluding carboxylic acids is 2. The number of piperazine rings is 1. The van der Waals surface area contributed by atoms with Crippen molar-refractivity contribution in [3.8, 4) is 11.5 Å². The molecule has 9 heteroatoms. The van der Waals surface area contributed by atoms with E-state index in [0.717, 1.165) is 0 Å². The van der Waals surface area contributed by atoms with Gasteiger partial charge >= 0.3 is 0 Å². The summed E-state index contributed by atoms with van der Waals surface area (Å²) in [6.07, 6.45) is 0. The molecule has 0 aromatic heterocycles. The van der Waals surface area contributed by atoms with E-state index in [1.165, 1.54) is 43.4 Å². The first-order valence-corrected chi connectivity index (χ1v) is 8.96. The zero-order valence-electron chi connectivity index (χ0n) is 16.3. The molecule has 2 aromatic carbocycles. The summed E-state index contributed by atoms with van der Waals surface area (Å²) in [4.78, 5) is 39.2. The molecule has 0 aliphatic carbocycles. The highest BCUT2D eigenvalue weighted by Gasteiger charge is 2.36. The lowest BCUT2D eigenvalue weighted by molar-refractivity contribution is -0.384. The molecule has 1 saturated heterocycles. The number of methoxy groups -OCH3 is 2. The molecule has 1 fully saturated rings. The summed E-state index contributed by atoms with van der Waals surface area (Å²) in [5.74, 6) is 0.517. The molecule has 2 amide bonds. The highest BCUT2D eigenvalue weighted by atomic mass is 16.6. The Hall–Kier alpha value is -3.62. The van der Waals surface area contributed by atoms with E-state index in [0.29, 0.717) is 29.3 Å². The van der Waals surface area contributed by atoms with E-state index in [9.17, 15) is 19.7 Å². The van der Waals surface area contributed by atoms with Gasteiger partial charge < -0.3 is 19.3 Å². The van der Waals surface area contributed by atoms with Gasteiger partial charge in [-0.25, -0.2) is 0 Å². The van der Waals surface area contributed by atoms with Crippen LogP contribution < -0.4 is 14.4 Å². The van der Waals surface area contributed by atoms with Crippen molar-refractivity contribution < 1.29 is 24.0 Å². The lowest BCUT2D eigenvalue weighted by Crippen LogP contribution is -2.57. The number of carbonyl (C=O) groups is 2. The first kappa shape index (κ1) is 20.1. The average Bonchev–Trinajstić information content (AvgIpc) is 2.74. The maximum absolute atomic E-state index is 13.0. The first-order chi connectivity index (χ1) is 13.9. The number of nitrogens with zero attached hydrogens (tertiary/aromatic N) is 3. The second kappa shape index (κ2) is 8.17. The summed E-state index contributed by atoms with van der Waals surface area (Å²) < 4.78 is 10.6. The molecular formula is C20H21N3O6. The van der Waals surface area contributed by atoms with Gasteiger partial charge in [-0.2, -0.15) is 0 Å². The highest BCUT2D eigenvalue weighted by Crippen LogP contribution is 2.34. The van der Waals surface area contributed by atoms with E-state index in [1.54, 1.807) is 30.0 Å². The summed E-state index contributed by atoms with van der Waals surface area (Å²) in [5, 5.41) is 10.8. The number of ether oxygens (including phenoxy) is 2. The van der Waals surface area contributed by atoms with Crippen molar-refractivity contribution in [2.45, 2.75) is 13.0 Å². The third-order valence-electron chi connectivity index (χ3n) is 4.92. The molecule has 1 aliphatic rings. The molecule has 0 N–H and O–H groups in total. The van der Waals surface area contributed by atoms with Gasteiger partial charge in [-0.3, -0.25) is 19.7 Å². The molecule has 2 aromatic rings. The second-order valence-corrected chi connectivity index (χ2v) is 6.51. The van der Waals surface area contributed by atoms with E-state index in [1.807, 2.05) is 0 Å². The number of amides is 2. The lowest BCUT2D eigenvalue weighted by Gasteiger charge is -2.39. The number of nitro groups is 1. The fourth-order valence-electron chi connectivity index (χ4n) is 3.29. The fraction of sp³-hybridized carbons (Fsp3) is 0.300. The topological polar surface area (TPSA) is 102 Å². The van der Waals surface area contributed by atoms with Crippen LogP contribution >= 0.6 is 0 Å². The summed E-state index contributed by atoms with van der Waals surface area (Å²) in [7, 11) is 3.06. The van der Waals surface area contributed by atoms with Gasteiger partial charge in [-0.15, -0.1) is 0 Å². The largest absolute Gasteiger partial charge is 0.497 e. The van der Waals surface area contributed by atoms with Crippen molar-refractivity contribution in [1.29, 1.82) is 0 Å². The maximum atomic E-state index is 13.0. The maximum Gasteiger partial charge on any atom is 0.269 e. The van der Waals surface area contributed by atoms with Crippen molar-refractivity contribution in [2.24, 2.45) is 0 Å². The number of non-ortho nitro benzene ring substituents is 1. The monoisotopic (exact) mass is 399 g/mol. The molecule has 152 valence electrons. The van der Waals surface area contributed by atoms with Crippen molar-refractivity contribution >= 4 is 23.2 Å². The van der Waals surface area contributed by atoms with Crippen molar-refractivity contribution in [2.75, 3.05) is 32.2 Å². The van der Waals surface area contributed by atoms with Crippen molar-refractivity contribution in [3.05, 3.63) is 58.1 Å². The van der Waals surface area contributed by atoms with Crippen LogP contribution in [0.25, 0.3) is 0 Å². The van der Waals surface area contributed by atoms with Crippen molar-refractivity contribution in [3.63, 3.8) is 0 Å². The third-order valence-corrected chi connectivity index (χ3v) is 4.92. The SMILES string of the molecule is COc1ccc(OC)c(N2CCN(C(=O)c3ccc([N+](=O)[O-])cc3)C(C)C2=O)c1. The Bertz CT molecular complexity index is 944. The number of benzene rings is 2. The molecule has 0 radical (unpaired) electrons. The molecule has 0 spiro atoms. The average molecular weight is 399 g/mol. The Balaban J connectivity index is 1.82. The van der Waals surface area contributed by atoms with E-state index < -0.39 is 11.0 Å². The molecule has 1 unspecified atom stereocenters. The molecule has 1 atom stereocenters.